The fourth-order valence-electron chi connectivity index (χ4n) is 2.26. The summed E-state index contributed by atoms with van der Waals surface area (Å²) in [5.41, 5.74) is 3.85. The van der Waals surface area contributed by atoms with E-state index in [1.54, 1.807) is 6.07 Å². The van der Waals surface area contributed by atoms with Crippen LogP contribution in [0.3, 0.4) is 0 Å². The number of benzene rings is 2. The lowest BCUT2D eigenvalue weighted by atomic mass is 10.0. The zero-order valence-corrected chi connectivity index (χ0v) is 12.7. The van der Waals surface area contributed by atoms with Crippen LogP contribution in [0, 0.1) is 0 Å². The minimum Gasteiger partial charge on any atom is -0.465 e. The Bertz CT molecular complexity index is 605. The van der Waals surface area contributed by atoms with Crippen LogP contribution in [0.2, 0.25) is 0 Å². The van der Waals surface area contributed by atoms with E-state index in [2.05, 4.69) is 43.4 Å². The van der Waals surface area contributed by atoms with Crippen molar-refractivity contribution in [2.24, 2.45) is 0 Å². The first-order valence-electron chi connectivity index (χ1n) is 7.18. The molecule has 0 aliphatic carbocycles. The highest BCUT2D eigenvalue weighted by atomic mass is 16.5. The van der Waals surface area contributed by atoms with E-state index in [4.69, 9.17) is 4.74 Å². The second-order valence-corrected chi connectivity index (χ2v) is 5.00. The first-order chi connectivity index (χ1) is 10.2. The average Bonchev–Trinajstić information content (AvgIpc) is 2.54. The van der Waals surface area contributed by atoms with Gasteiger partial charge < -0.3 is 10.1 Å². The van der Waals surface area contributed by atoms with Crippen molar-refractivity contribution in [1.82, 2.24) is 0 Å². The van der Waals surface area contributed by atoms with Gasteiger partial charge in [0.1, 0.15) is 0 Å². The molecule has 0 bridgehead atoms. The van der Waals surface area contributed by atoms with E-state index in [1.807, 2.05) is 18.2 Å². The Labute approximate surface area is 126 Å². The van der Waals surface area contributed by atoms with E-state index < -0.39 is 0 Å². The topological polar surface area (TPSA) is 38.3 Å². The molecule has 0 heterocycles. The lowest BCUT2D eigenvalue weighted by Crippen LogP contribution is -2.11. The van der Waals surface area contributed by atoms with E-state index in [0.29, 0.717) is 5.56 Å². The average molecular weight is 283 g/mol. The number of aryl methyl sites for hydroxylation is 1. The summed E-state index contributed by atoms with van der Waals surface area (Å²) in [6.07, 6.45) is 1.03. The zero-order valence-electron chi connectivity index (χ0n) is 12.7. The molecule has 3 heteroatoms. The third kappa shape index (κ3) is 3.63. The molecule has 2 aromatic rings. The normalized spacial score (nSPS) is 11.8. The Morgan fingerprint density at radius 3 is 2.43 bits per heavy atom. The predicted molar refractivity (Wildman–Crippen MR) is 85.6 cm³/mol. The van der Waals surface area contributed by atoms with Crippen LogP contribution >= 0.6 is 0 Å². The third-order valence-corrected chi connectivity index (χ3v) is 3.59. The Hall–Kier alpha value is -2.29. The molecule has 1 atom stereocenters. The third-order valence-electron chi connectivity index (χ3n) is 3.59. The molecule has 0 saturated carbocycles. The maximum atomic E-state index is 11.8. The largest absolute Gasteiger partial charge is 0.465 e. The molecular formula is C18H21NO2. The number of methoxy groups -OCH3 is 1. The standard InChI is InChI=1S/C18H21NO2/c1-4-14-9-11-15(12-10-14)13(2)19-17-8-6-5-7-16(17)18(20)21-3/h5-13,19H,4H2,1-3H3. The Morgan fingerprint density at radius 1 is 1.14 bits per heavy atom. The molecule has 3 nitrogen and oxygen atoms in total. The molecule has 0 saturated heterocycles. The van der Waals surface area contributed by atoms with Crippen molar-refractivity contribution in [3.05, 3.63) is 65.2 Å². The molecular weight excluding hydrogens is 262 g/mol. The van der Waals surface area contributed by atoms with Crippen molar-refractivity contribution in [1.29, 1.82) is 0 Å². The van der Waals surface area contributed by atoms with Gasteiger partial charge in [0.25, 0.3) is 0 Å². The lowest BCUT2D eigenvalue weighted by molar-refractivity contribution is 0.0602. The van der Waals surface area contributed by atoms with Crippen LogP contribution < -0.4 is 5.32 Å². The van der Waals surface area contributed by atoms with Crippen molar-refractivity contribution in [2.75, 3.05) is 12.4 Å². The molecule has 0 amide bonds. The van der Waals surface area contributed by atoms with E-state index in [1.165, 1.54) is 18.2 Å². The van der Waals surface area contributed by atoms with Gasteiger partial charge in [-0.15, -0.1) is 0 Å². The number of nitrogens with one attached hydrogen (secondary N) is 1. The van der Waals surface area contributed by atoms with E-state index in [0.717, 1.165) is 12.1 Å². The van der Waals surface area contributed by atoms with Gasteiger partial charge in [-0.1, -0.05) is 43.3 Å². The molecule has 2 aromatic carbocycles. The number of anilines is 1. The Balaban J connectivity index is 2.19. The number of rotatable bonds is 5. The van der Waals surface area contributed by atoms with Gasteiger partial charge in [-0.25, -0.2) is 4.79 Å². The maximum absolute atomic E-state index is 11.8. The smallest absolute Gasteiger partial charge is 0.339 e. The maximum Gasteiger partial charge on any atom is 0.339 e. The second kappa shape index (κ2) is 6.93. The summed E-state index contributed by atoms with van der Waals surface area (Å²) < 4.78 is 4.82. The molecule has 0 radical (unpaired) electrons. The van der Waals surface area contributed by atoms with Crippen LogP contribution in [0.25, 0.3) is 0 Å². The number of hydrogen-bond acceptors (Lipinski definition) is 3. The lowest BCUT2D eigenvalue weighted by Gasteiger charge is -2.18. The SMILES string of the molecule is CCc1ccc(C(C)Nc2ccccc2C(=O)OC)cc1. The van der Waals surface area contributed by atoms with E-state index in [9.17, 15) is 4.79 Å². The minimum absolute atomic E-state index is 0.113. The van der Waals surface area contributed by atoms with Gasteiger partial charge >= 0.3 is 5.97 Å². The predicted octanol–water partition coefficient (Wildman–Crippen LogP) is 4.21. The molecule has 0 spiro atoms. The highest BCUT2D eigenvalue weighted by molar-refractivity contribution is 5.95. The molecule has 0 aliphatic rings. The molecule has 110 valence electrons. The molecule has 0 aliphatic heterocycles. The molecule has 0 aromatic heterocycles. The van der Waals surface area contributed by atoms with Crippen LogP contribution in [0.15, 0.2) is 48.5 Å². The molecule has 1 unspecified atom stereocenters. The Kier molecular flexibility index (Phi) is 4.99. The van der Waals surface area contributed by atoms with E-state index in [-0.39, 0.29) is 12.0 Å². The summed E-state index contributed by atoms with van der Waals surface area (Å²) in [5, 5.41) is 3.38. The fourth-order valence-corrected chi connectivity index (χ4v) is 2.26. The minimum atomic E-state index is -0.327. The van der Waals surface area contributed by atoms with Crippen molar-refractivity contribution in [3.8, 4) is 0 Å². The zero-order chi connectivity index (χ0) is 15.2. The molecule has 0 fully saturated rings. The van der Waals surface area contributed by atoms with Gasteiger partial charge in [0.15, 0.2) is 0 Å². The highest BCUT2D eigenvalue weighted by Crippen LogP contribution is 2.23. The van der Waals surface area contributed by atoms with Gasteiger partial charge in [0.05, 0.1) is 12.7 Å². The van der Waals surface area contributed by atoms with Gasteiger partial charge in [-0.3, -0.25) is 0 Å². The van der Waals surface area contributed by atoms with Crippen LogP contribution in [0.1, 0.15) is 41.4 Å². The Morgan fingerprint density at radius 2 is 1.81 bits per heavy atom. The summed E-state index contributed by atoms with van der Waals surface area (Å²) >= 11 is 0. The van der Waals surface area contributed by atoms with Gasteiger partial charge in [0.2, 0.25) is 0 Å². The number of para-hydroxylation sites is 1. The number of carbonyl (C=O) groups excluding carboxylic acids is 1. The van der Waals surface area contributed by atoms with Crippen molar-refractivity contribution in [2.45, 2.75) is 26.3 Å². The van der Waals surface area contributed by atoms with Crippen molar-refractivity contribution in [3.63, 3.8) is 0 Å². The quantitative estimate of drug-likeness (QED) is 0.835. The first kappa shape index (κ1) is 15.1. The first-order valence-corrected chi connectivity index (χ1v) is 7.18. The fraction of sp³-hybridized carbons (Fsp3) is 0.278. The van der Waals surface area contributed by atoms with Crippen LogP contribution in [-0.2, 0) is 11.2 Å². The van der Waals surface area contributed by atoms with Crippen LogP contribution in [-0.4, -0.2) is 13.1 Å². The van der Waals surface area contributed by atoms with Crippen molar-refractivity contribution >= 4 is 11.7 Å². The summed E-state index contributed by atoms with van der Waals surface area (Å²) in [6.45, 7) is 4.22. The summed E-state index contributed by atoms with van der Waals surface area (Å²) in [7, 11) is 1.39. The van der Waals surface area contributed by atoms with Crippen LogP contribution in [0.4, 0.5) is 5.69 Å². The van der Waals surface area contributed by atoms with Crippen LogP contribution in [0.5, 0.6) is 0 Å². The summed E-state index contributed by atoms with van der Waals surface area (Å²) in [4.78, 5) is 11.8. The molecule has 21 heavy (non-hydrogen) atoms. The highest BCUT2D eigenvalue weighted by Gasteiger charge is 2.13. The summed E-state index contributed by atoms with van der Waals surface area (Å²) in [5.74, 6) is -0.327. The second-order valence-electron chi connectivity index (χ2n) is 5.00. The number of ether oxygens (including phenoxy) is 1. The van der Waals surface area contributed by atoms with E-state index >= 15 is 0 Å². The number of esters is 1. The monoisotopic (exact) mass is 283 g/mol. The van der Waals surface area contributed by atoms with Crippen molar-refractivity contribution < 1.29 is 9.53 Å². The van der Waals surface area contributed by atoms with Gasteiger partial charge in [-0.2, -0.15) is 0 Å². The van der Waals surface area contributed by atoms with Gasteiger partial charge in [0, 0.05) is 11.7 Å². The number of hydrogen-bond donors (Lipinski definition) is 1. The summed E-state index contributed by atoms with van der Waals surface area (Å²) in [6, 6.07) is 16.0. The molecule has 1 N–H and O–H groups in total. The number of carbonyl (C=O) groups is 1. The van der Waals surface area contributed by atoms with Gasteiger partial charge in [-0.05, 0) is 36.6 Å². The molecule has 2 rings (SSSR count).